The zero-order valence-electron chi connectivity index (χ0n) is 16.7. The zero-order valence-corrected chi connectivity index (χ0v) is 16.7. The maximum Gasteiger partial charge on any atom is 0.417 e. The molecule has 0 aromatic carbocycles. The van der Waals surface area contributed by atoms with Crippen LogP contribution in [0, 0.1) is 28.6 Å². The monoisotopic (exact) mass is 425 g/mol. The molecule has 9 heteroatoms. The second-order valence-electron chi connectivity index (χ2n) is 7.42. The standard InChI is InChI=1S/C22H18F3N5O/c1-12-16(9-26)19(17(10-27)13(2)30-12)21(7-3-4-14(8-21)20(28)31)18-6-5-15(11-29-18)22(23,24)25/h3-7,11,19,30H,8H2,1-2H3,(H2,28,31). The van der Waals surface area contributed by atoms with Gasteiger partial charge < -0.3 is 11.1 Å². The first-order valence-electron chi connectivity index (χ1n) is 9.26. The second-order valence-corrected chi connectivity index (χ2v) is 7.42. The van der Waals surface area contributed by atoms with Crippen molar-refractivity contribution in [2.24, 2.45) is 11.7 Å². The Labute approximate surface area is 176 Å². The van der Waals surface area contributed by atoms with Gasteiger partial charge in [0, 0.05) is 34.5 Å². The Kier molecular flexibility index (Phi) is 5.47. The molecule has 1 unspecified atom stereocenters. The van der Waals surface area contributed by atoms with E-state index in [9.17, 15) is 28.5 Å². The molecule has 0 saturated heterocycles. The summed E-state index contributed by atoms with van der Waals surface area (Å²) in [6.07, 6.45) is 0.839. The molecule has 0 saturated carbocycles. The lowest BCUT2D eigenvalue weighted by Crippen LogP contribution is -2.42. The van der Waals surface area contributed by atoms with Crippen LogP contribution in [0.3, 0.4) is 0 Å². The third-order valence-corrected chi connectivity index (χ3v) is 5.57. The van der Waals surface area contributed by atoms with Crippen molar-refractivity contribution in [1.82, 2.24) is 10.3 Å². The van der Waals surface area contributed by atoms with Crippen LogP contribution in [0.15, 0.2) is 64.7 Å². The van der Waals surface area contributed by atoms with E-state index in [0.29, 0.717) is 17.6 Å². The molecule has 3 rings (SSSR count). The van der Waals surface area contributed by atoms with E-state index in [1.165, 1.54) is 12.1 Å². The molecule has 1 aromatic heterocycles. The molecular formula is C22H18F3N5O. The number of nitrogens with zero attached hydrogens (tertiary/aromatic N) is 3. The van der Waals surface area contributed by atoms with Crippen molar-refractivity contribution in [3.8, 4) is 12.1 Å². The normalized spacial score (nSPS) is 21.8. The van der Waals surface area contributed by atoms with Crippen molar-refractivity contribution < 1.29 is 18.0 Å². The number of carbonyl (C=O) groups is 1. The number of allylic oxidation sites excluding steroid dienone is 7. The molecule has 1 aliphatic heterocycles. The zero-order chi connectivity index (χ0) is 23.0. The first-order valence-corrected chi connectivity index (χ1v) is 9.26. The topological polar surface area (TPSA) is 116 Å². The number of dihydropyridines is 1. The maximum atomic E-state index is 13.1. The molecule has 2 aliphatic rings. The summed E-state index contributed by atoms with van der Waals surface area (Å²) in [6.45, 7) is 3.35. The molecule has 1 aliphatic carbocycles. The molecule has 2 heterocycles. The largest absolute Gasteiger partial charge is 0.417 e. The third-order valence-electron chi connectivity index (χ3n) is 5.57. The fourth-order valence-corrected chi connectivity index (χ4v) is 4.10. The molecule has 0 spiro atoms. The first kappa shape index (κ1) is 21.8. The van der Waals surface area contributed by atoms with Crippen molar-refractivity contribution in [1.29, 1.82) is 10.5 Å². The third kappa shape index (κ3) is 3.71. The van der Waals surface area contributed by atoms with Gasteiger partial charge in [0.1, 0.15) is 0 Å². The number of carbonyl (C=O) groups excluding carboxylic acids is 1. The molecule has 1 atom stereocenters. The number of amides is 1. The molecule has 0 fully saturated rings. The van der Waals surface area contributed by atoms with E-state index >= 15 is 0 Å². The number of hydrogen-bond donors (Lipinski definition) is 2. The van der Waals surface area contributed by atoms with Crippen LogP contribution >= 0.6 is 0 Å². The van der Waals surface area contributed by atoms with Crippen LogP contribution in [0.4, 0.5) is 13.2 Å². The van der Waals surface area contributed by atoms with Crippen molar-refractivity contribution in [3.63, 3.8) is 0 Å². The van der Waals surface area contributed by atoms with Crippen LogP contribution in [0.5, 0.6) is 0 Å². The number of pyridine rings is 1. The summed E-state index contributed by atoms with van der Waals surface area (Å²) in [6, 6.07) is 6.34. The number of rotatable bonds is 3. The van der Waals surface area contributed by atoms with Gasteiger partial charge >= 0.3 is 6.18 Å². The van der Waals surface area contributed by atoms with E-state index in [1.807, 2.05) is 0 Å². The Morgan fingerprint density at radius 3 is 2.29 bits per heavy atom. The van der Waals surface area contributed by atoms with Crippen molar-refractivity contribution >= 4 is 5.91 Å². The Morgan fingerprint density at radius 2 is 1.84 bits per heavy atom. The van der Waals surface area contributed by atoms with Crippen LogP contribution in [-0.4, -0.2) is 10.9 Å². The number of nitrogens with two attached hydrogens (primary N) is 1. The molecule has 6 nitrogen and oxygen atoms in total. The van der Waals surface area contributed by atoms with E-state index in [-0.39, 0.29) is 28.8 Å². The van der Waals surface area contributed by atoms with E-state index in [2.05, 4.69) is 22.4 Å². The van der Waals surface area contributed by atoms with Gasteiger partial charge in [0.2, 0.25) is 5.91 Å². The average Bonchev–Trinajstić information content (AvgIpc) is 2.72. The second kappa shape index (κ2) is 7.77. The maximum absolute atomic E-state index is 13.1. The minimum absolute atomic E-state index is 0.0290. The lowest BCUT2D eigenvalue weighted by molar-refractivity contribution is -0.137. The lowest BCUT2D eigenvalue weighted by atomic mass is 9.61. The summed E-state index contributed by atoms with van der Waals surface area (Å²) >= 11 is 0. The number of alkyl halides is 3. The fraction of sp³-hybridized carbons (Fsp3) is 0.273. The number of primary amides is 1. The molecular weight excluding hydrogens is 407 g/mol. The lowest BCUT2D eigenvalue weighted by Gasteiger charge is -2.42. The van der Waals surface area contributed by atoms with Crippen molar-refractivity contribution in [3.05, 3.63) is 75.9 Å². The molecule has 158 valence electrons. The highest BCUT2D eigenvalue weighted by Crippen LogP contribution is 2.49. The fourth-order valence-electron chi connectivity index (χ4n) is 4.10. The molecule has 1 amide bonds. The number of hydrogen-bond acceptors (Lipinski definition) is 5. The average molecular weight is 425 g/mol. The quantitative estimate of drug-likeness (QED) is 0.769. The highest BCUT2D eigenvalue weighted by molar-refractivity contribution is 5.93. The minimum atomic E-state index is -4.57. The van der Waals surface area contributed by atoms with Gasteiger partial charge in [-0.1, -0.05) is 18.2 Å². The highest BCUT2D eigenvalue weighted by Gasteiger charge is 2.48. The number of halogens is 3. The van der Waals surface area contributed by atoms with Crippen molar-refractivity contribution in [2.75, 3.05) is 0 Å². The van der Waals surface area contributed by atoms with Crippen LogP contribution in [0.1, 0.15) is 31.5 Å². The van der Waals surface area contributed by atoms with Gasteiger partial charge in [-0.25, -0.2) is 0 Å². The van der Waals surface area contributed by atoms with Gasteiger partial charge in [-0.05, 0) is 32.4 Å². The van der Waals surface area contributed by atoms with Gasteiger partial charge in [0.05, 0.1) is 34.5 Å². The predicted octanol–water partition coefficient (Wildman–Crippen LogP) is 3.52. The number of aromatic nitrogens is 1. The smallest absolute Gasteiger partial charge is 0.366 e. The summed E-state index contributed by atoms with van der Waals surface area (Å²) in [4.78, 5) is 16.0. The van der Waals surface area contributed by atoms with E-state index in [4.69, 9.17) is 5.73 Å². The summed E-state index contributed by atoms with van der Waals surface area (Å²) in [5, 5.41) is 22.7. The van der Waals surface area contributed by atoms with Gasteiger partial charge in [-0.3, -0.25) is 9.78 Å². The molecule has 0 bridgehead atoms. The van der Waals surface area contributed by atoms with Crippen LogP contribution in [0.25, 0.3) is 0 Å². The van der Waals surface area contributed by atoms with Crippen LogP contribution in [0.2, 0.25) is 0 Å². The predicted molar refractivity (Wildman–Crippen MR) is 105 cm³/mol. The Hall–Kier alpha value is -3.85. The highest BCUT2D eigenvalue weighted by atomic mass is 19.4. The summed E-state index contributed by atoms with van der Waals surface area (Å²) < 4.78 is 39.2. The van der Waals surface area contributed by atoms with E-state index < -0.39 is 29.0 Å². The Morgan fingerprint density at radius 1 is 1.23 bits per heavy atom. The SMILES string of the molecule is CC1=C(C#N)C(C2(c3ccc(C(F)(F)F)cn3)C=CC=C(C(N)=O)C2)C(C#N)=C(C)N1. The summed E-state index contributed by atoms with van der Waals surface area (Å²) in [7, 11) is 0. The molecule has 1 aromatic rings. The van der Waals surface area contributed by atoms with Gasteiger partial charge in [0.15, 0.2) is 0 Å². The molecule has 0 radical (unpaired) electrons. The van der Waals surface area contributed by atoms with Crippen molar-refractivity contribution in [2.45, 2.75) is 31.9 Å². The van der Waals surface area contributed by atoms with Gasteiger partial charge in [-0.2, -0.15) is 23.7 Å². The van der Waals surface area contributed by atoms with Crippen LogP contribution in [-0.2, 0) is 16.4 Å². The Bertz CT molecular complexity index is 1110. The molecule has 31 heavy (non-hydrogen) atoms. The van der Waals surface area contributed by atoms with E-state index in [1.54, 1.807) is 26.0 Å². The van der Waals surface area contributed by atoms with Crippen LogP contribution < -0.4 is 11.1 Å². The van der Waals surface area contributed by atoms with E-state index in [0.717, 1.165) is 6.07 Å². The summed E-state index contributed by atoms with van der Waals surface area (Å²) in [5.74, 6) is -1.57. The molecule has 3 N–H and O–H groups in total. The van der Waals surface area contributed by atoms with Gasteiger partial charge in [-0.15, -0.1) is 0 Å². The summed E-state index contributed by atoms with van der Waals surface area (Å²) in [5.41, 5.74) is 5.20. The number of nitriles is 2. The number of nitrogens with one attached hydrogen (secondary N) is 1. The van der Waals surface area contributed by atoms with Gasteiger partial charge in [0.25, 0.3) is 0 Å². The Balaban J connectivity index is 2.30. The first-order chi connectivity index (χ1) is 14.5. The minimum Gasteiger partial charge on any atom is -0.366 e.